The first-order valence-electron chi connectivity index (χ1n) is 8.22. The summed E-state index contributed by atoms with van der Waals surface area (Å²) in [5, 5.41) is 10.4. The first kappa shape index (κ1) is 18.7. The zero-order chi connectivity index (χ0) is 16.8. The van der Waals surface area contributed by atoms with E-state index in [0.29, 0.717) is 13.2 Å². The van der Waals surface area contributed by atoms with Crippen LogP contribution in [-0.2, 0) is 16.0 Å². The lowest BCUT2D eigenvalue weighted by Gasteiger charge is -2.37. The fourth-order valence-corrected chi connectivity index (χ4v) is 3.67. The number of benzene rings is 1. The molecule has 0 aromatic heterocycles. The Morgan fingerprint density at radius 3 is 2.52 bits per heavy atom. The van der Waals surface area contributed by atoms with Crippen molar-refractivity contribution in [3.8, 4) is 0 Å². The van der Waals surface area contributed by atoms with Gasteiger partial charge in [-0.2, -0.15) is 0 Å². The van der Waals surface area contributed by atoms with Crippen LogP contribution in [0.25, 0.3) is 0 Å². The van der Waals surface area contributed by atoms with Gasteiger partial charge in [0.25, 0.3) is 0 Å². The lowest BCUT2D eigenvalue weighted by molar-refractivity contribution is -0.0454. The van der Waals surface area contributed by atoms with Crippen molar-refractivity contribution in [1.82, 2.24) is 4.90 Å². The van der Waals surface area contributed by atoms with Crippen molar-refractivity contribution in [3.63, 3.8) is 0 Å². The third kappa shape index (κ3) is 5.44. The minimum atomic E-state index is 0.156. The lowest BCUT2D eigenvalue weighted by atomic mass is 9.95. The molecule has 2 atom stereocenters. The molecule has 2 rings (SSSR count). The molecule has 1 aromatic rings. The Kier molecular flexibility index (Phi) is 7.31. The quantitative estimate of drug-likeness (QED) is 0.774. The van der Waals surface area contributed by atoms with Crippen LogP contribution in [0.3, 0.4) is 0 Å². The first-order chi connectivity index (χ1) is 11.0. The Labute approximate surface area is 144 Å². The van der Waals surface area contributed by atoms with E-state index in [-0.39, 0.29) is 18.6 Å². The molecular formula is C18H28ClNO3. The summed E-state index contributed by atoms with van der Waals surface area (Å²) >= 11 is 6.13. The number of methoxy groups -OCH3 is 1. The molecule has 1 aliphatic rings. The third-order valence-corrected chi connectivity index (χ3v) is 4.73. The number of aryl methyl sites for hydroxylation is 2. The Hall–Kier alpha value is -0.650. The number of ether oxygens (including phenoxy) is 2. The minimum absolute atomic E-state index is 0.156. The molecule has 0 saturated carbocycles. The molecule has 1 heterocycles. The third-order valence-electron chi connectivity index (χ3n) is 4.52. The summed E-state index contributed by atoms with van der Waals surface area (Å²) in [6.07, 6.45) is 1.07. The molecular weight excluding hydrogens is 314 g/mol. The van der Waals surface area contributed by atoms with E-state index in [1.807, 2.05) is 12.1 Å². The molecule has 1 aromatic carbocycles. The topological polar surface area (TPSA) is 41.9 Å². The monoisotopic (exact) mass is 341 g/mol. The minimum Gasteiger partial charge on any atom is -0.396 e. The molecule has 4 nitrogen and oxygen atoms in total. The van der Waals surface area contributed by atoms with E-state index in [1.165, 1.54) is 16.7 Å². The van der Waals surface area contributed by atoms with Crippen LogP contribution >= 0.6 is 11.6 Å². The van der Waals surface area contributed by atoms with Gasteiger partial charge in [0.15, 0.2) is 0 Å². The highest BCUT2D eigenvalue weighted by Gasteiger charge is 2.28. The van der Waals surface area contributed by atoms with Gasteiger partial charge in [0.1, 0.15) is 0 Å². The molecule has 0 spiro atoms. The molecule has 2 unspecified atom stereocenters. The Balaban J connectivity index is 2.03. The predicted octanol–water partition coefficient (Wildman–Crippen LogP) is 2.80. The van der Waals surface area contributed by atoms with Crippen molar-refractivity contribution >= 4 is 11.6 Å². The summed E-state index contributed by atoms with van der Waals surface area (Å²) in [6, 6.07) is 4.04. The van der Waals surface area contributed by atoms with E-state index in [2.05, 4.69) is 18.7 Å². The Morgan fingerprint density at radius 2 is 1.91 bits per heavy atom. The molecule has 0 bridgehead atoms. The van der Waals surface area contributed by atoms with Gasteiger partial charge < -0.3 is 14.6 Å². The number of hydrogen-bond donors (Lipinski definition) is 1. The summed E-state index contributed by atoms with van der Waals surface area (Å²) < 4.78 is 11.0. The number of aliphatic hydroxyl groups excluding tert-OH is 1. The van der Waals surface area contributed by atoms with Crippen LogP contribution in [0.4, 0.5) is 0 Å². The number of piperidine rings is 1. The lowest BCUT2D eigenvalue weighted by Crippen LogP contribution is -2.45. The highest BCUT2D eigenvalue weighted by molar-refractivity contribution is 6.30. The Bertz CT molecular complexity index is 486. The van der Waals surface area contributed by atoms with Gasteiger partial charge in [-0.05, 0) is 55.0 Å². The Morgan fingerprint density at radius 1 is 1.22 bits per heavy atom. The van der Waals surface area contributed by atoms with Crippen LogP contribution in [0.15, 0.2) is 12.1 Å². The normalized spacial score (nSPS) is 22.5. The molecule has 1 saturated heterocycles. The molecule has 5 heteroatoms. The average molecular weight is 342 g/mol. The molecule has 0 amide bonds. The van der Waals surface area contributed by atoms with Gasteiger partial charge in [-0.3, -0.25) is 4.90 Å². The SMILES string of the molecule is COCCOC1CC(CO)CN(Cc2c(C)cc(Cl)cc2C)C1. The van der Waals surface area contributed by atoms with E-state index in [0.717, 1.165) is 31.1 Å². The first-order valence-corrected chi connectivity index (χ1v) is 8.60. The number of rotatable bonds is 7. The zero-order valence-corrected chi connectivity index (χ0v) is 15.1. The molecule has 0 aliphatic carbocycles. The molecule has 1 aliphatic heterocycles. The smallest absolute Gasteiger partial charge is 0.0707 e. The van der Waals surface area contributed by atoms with Crippen molar-refractivity contribution < 1.29 is 14.6 Å². The van der Waals surface area contributed by atoms with Gasteiger partial charge >= 0.3 is 0 Å². The van der Waals surface area contributed by atoms with E-state index < -0.39 is 0 Å². The van der Waals surface area contributed by atoms with E-state index >= 15 is 0 Å². The highest BCUT2D eigenvalue weighted by atomic mass is 35.5. The van der Waals surface area contributed by atoms with Gasteiger partial charge in [-0.15, -0.1) is 0 Å². The maximum atomic E-state index is 9.59. The molecule has 1 N–H and O–H groups in total. The zero-order valence-electron chi connectivity index (χ0n) is 14.3. The number of halogens is 1. The van der Waals surface area contributed by atoms with E-state index in [4.69, 9.17) is 21.1 Å². The van der Waals surface area contributed by atoms with Gasteiger partial charge in [0.05, 0.1) is 19.3 Å². The van der Waals surface area contributed by atoms with Gasteiger partial charge in [-0.1, -0.05) is 11.6 Å². The summed E-state index contributed by atoms with van der Waals surface area (Å²) in [5.74, 6) is 0.268. The summed E-state index contributed by atoms with van der Waals surface area (Å²) in [5.41, 5.74) is 3.76. The van der Waals surface area contributed by atoms with Crippen molar-refractivity contribution in [2.45, 2.75) is 32.9 Å². The number of likely N-dealkylation sites (tertiary alicyclic amines) is 1. The summed E-state index contributed by atoms with van der Waals surface area (Å²) in [4.78, 5) is 2.38. The van der Waals surface area contributed by atoms with Crippen molar-refractivity contribution in [2.75, 3.05) is 40.0 Å². The van der Waals surface area contributed by atoms with Gasteiger partial charge in [-0.25, -0.2) is 0 Å². The van der Waals surface area contributed by atoms with Crippen molar-refractivity contribution in [2.24, 2.45) is 5.92 Å². The van der Waals surface area contributed by atoms with Crippen LogP contribution in [0.5, 0.6) is 0 Å². The number of aliphatic hydroxyl groups is 1. The van der Waals surface area contributed by atoms with Crippen LogP contribution in [0.1, 0.15) is 23.1 Å². The van der Waals surface area contributed by atoms with E-state index in [9.17, 15) is 5.11 Å². The van der Waals surface area contributed by atoms with Crippen LogP contribution < -0.4 is 0 Å². The summed E-state index contributed by atoms with van der Waals surface area (Å²) in [6.45, 7) is 8.29. The van der Waals surface area contributed by atoms with Crippen molar-refractivity contribution in [1.29, 1.82) is 0 Å². The maximum absolute atomic E-state index is 9.59. The second-order valence-corrected chi connectivity index (χ2v) is 6.92. The van der Waals surface area contributed by atoms with Crippen LogP contribution in [0.2, 0.25) is 5.02 Å². The number of nitrogens with zero attached hydrogens (tertiary/aromatic N) is 1. The average Bonchev–Trinajstić information content (AvgIpc) is 2.51. The fourth-order valence-electron chi connectivity index (χ4n) is 3.34. The second-order valence-electron chi connectivity index (χ2n) is 6.48. The molecule has 23 heavy (non-hydrogen) atoms. The van der Waals surface area contributed by atoms with Gasteiger partial charge in [0, 0.05) is 38.4 Å². The largest absolute Gasteiger partial charge is 0.396 e. The predicted molar refractivity (Wildman–Crippen MR) is 93.0 cm³/mol. The van der Waals surface area contributed by atoms with Gasteiger partial charge in [0.2, 0.25) is 0 Å². The van der Waals surface area contributed by atoms with Crippen LogP contribution in [-0.4, -0.2) is 56.1 Å². The fraction of sp³-hybridized carbons (Fsp3) is 0.667. The summed E-state index contributed by atoms with van der Waals surface area (Å²) in [7, 11) is 1.68. The van der Waals surface area contributed by atoms with Crippen LogP contribution in [0, 0.1) is 19.8 Å². The second kappa shape index (κ2) is 9.00. The molecule has 1 fully saturated rings. The van der Waals surface area contributed by atoms with E-state index in [1.54, 1.807) is 7.11 Å². The standard InChI is InChI=1S/C18H28ClNO3/c1-13-6-16(19)7-14(2)18(13)11-20-9-15(12-21)8-17(10-20)23-5-4-22-3/h6-7,15,17,21H,4-5,8-12H2,1-3H3. The maximum Gasteiger partial charge on any atom is 0.0707 e. The molecule has 0 radical (unpaired) electrons. The number of hydrogen-bond acceptors (Lipinski definition) is 4. The highest BCUT2D eigenvalue weighted by Crippen LogP contribution is 2.25. The van der Waals surface area contributed by atoms with Crippen molar-refractivity contribution in [3.05, 3.63) is 33.8 Å². The molecule has 130 valence electrons.